The second-order valence-electron chi connectivity index (χ2n) is 3.78. The van der Waals surface area contributed by atoms with E-state index in [0.29, 0.717) is 0 Å². The fourth-order valence-corrected chi connectivity index (χ4v) is 1.40. The Morgan fingerprint density at radius 3 is 2.74 bits per heavy atom. The lowest BCUT2D eigenvalue weighted by atomic mass is 10.1. The molecule has 1 amide bonds. The van der Waals surface area contributed by atoms with Gasteiger partial charge in [0, 0.05) is 18.8 Å². The molecule has 0 radical (unpaired) electrons. The monoisotopic (exact) mass is 269 g/mol. The zero-order valence-corrected chi connectivity index (χ0v) is 10.4. The first-order valence-electron chi connectivity index (χ1n) is 5.59. The van der Waals surface area contributed by atoms with E-state index in [9.17, 15) is 14.4 Å². The lowest BCUT2D eigenvalue weighted by molar-refractivity contribution is -0.144. The Hall–Kier alpha value is -2.38. The summed E-state index contributed by atoms with van der Waals surface area (Å²) in [6.45, 7) is -0.0744. The van der Waals surface area contributed by atoms with Crippen molar-refractivity contribution in [2.45, 2.75) is 25.4 Å². The number of aromatic nitrogens is 2. The molecule has 1 heterocycles. The van der Waals surface area contributed by atoms with Gasteiger partial charge >= 0.3 is 11.9 Å². The summed E-state index contributed by atoms with van der Waals surface area (Å²) in [5.41, 5.74) is 0. The van der Waals surface area contributed by atoms with E-state index in [0.717, 1.165) is 0 Å². The maximum Gasteiger partial charge on any atom is 0.326 e. The number of nitrogens with one attached hydrogen (secondary N) is 1. The predicted octanol–water partition coefficient (Wildman–Crippen LogP) is -0.594. The highest BCUT2D eigenvalue weighted by Crippen LogP contribution is 2.00. The van der Waals surface area contributed by atoms with Crippen LogP contribution in [0.4, 0.5) is 0 Å². The van der Waals surface area contributed by atoms with Crippen molar-refractivity contribution in [3.8, 4) is 0 Å². The minimum Gasteiger partial charge on any atom is -0.480 e. The molecule has 0 aromatic carbocycles. The summed E-state index contributed by atoms with van der Waals surface area (Å²) in [6.07, 6.45) is 3.01. The van der Waals surface area contributed by atoms with Gasteiger partial charge in [-0.15, -0.1) is 0 Å². The molecule has 1 rings (SSSR count). The van der Waals surface area contributed by atoms with Crippen LogP contribution in [0.3, 0.4) is 0 Å². The summed E-state index contributed by atoms with van der Waals surface area (Å²) >= 11 is 0. The summed E-state index contributed by atoms with van der Waals surface area (Å²) in [5, 5.41) is 15.1. The van der Waals surface area contributed by atoms with Crippen LogP contribution in [0.5, 0.6) is 0 Å². The van der Waals surface area contributed by atoms with Crippen LogP contribution in [0.2, 0.25) is 0 Å². The van der Waals surface area contributed by atoms with E-state index in [1.807, 2.05) is 0 Å². The van der Waals surface area contributed by atoms with E-state index in [1.165, 1.54) is 18.0 Å². The van der Waals surface area contributed by atoms with Gasteiger partial charge in [-0.3, -0.25) is 14.3 Å². The molecule has 19 heavy (non-hydrogen) atoms. The average Bonchev–Trinajstić information content (AvgIpc) is 2.86. The number of aliphatic carboxylic acids is 1. The highest BCUT2D eigenvalue weighted by atomic mass is 16.5. The number of hydrogen-bond acceptors (Lipinski definition) is 5. The van der Waals surface area contributed by atoms with Gasteiger partial charge in [0.15, 0.2) is 0 Å². The van der Waals surface area contributed by atoms with E-state index in [4.69, 9.17) is 5.11 Å². The number of ether oxygens (including phenoxy) is 1. The van der Waals surface area contributed by atoms with Crippen molar-refractivity contribution < 1.29 is 24.2 Å². The Balaban J connectivity index is 2.46. The van der Waals surface area contributed by atoms with Gasteiger partial charge in [-0.25, -0.2) is 4.79 Å². The lowest BCUT2D eigenvalue weighted by Gasteiger charge is -2.13. The number of carboxylic acids is 1. The number of rotatable bonds is 7. The number of esters is 1. The standard InChI is InChI=1S/C11H15N3O5/c1-19-10(16)4-3-8(11(17)18)13-9(15)7-14-6-2-5-12-14/h2,5-6,8H,3-4,7H2,1H3,(H,13,15)(H,17,18)/t8-/m0/s1. The third-order valence-electron chi connectivity index (χ3n) is 2.36. The summed E-state index contributed by atoms with van der Waals surface area (Å²) in [7, 11) is 1.22. The molecule has 1 aromatic heterocycles. The zero-order chi connectivity index (χ0) is 14.3. The summed E-state index contributed by atoms with van der Waals surface area (Å²) in [5.74, 6) is -2.20. The maximum absolute atomic E-state index is 11.6. The highest BCUT2D eigenvalue weighted by Gasteiger charge is 2.21. The van der Waals surface area contributed by atoms with Gasteiger partial charge < -0.3 is 15.2 Å². The van der Waals surface area contributed by atoms with E-state index in [2.05, 4.69) is 15.2 Å². The molecule has 2 N–H and O–H groups in total. The highest BCUT2D eigenvalue weighted by molar-refractivity contribution is 5.83. The van der Waals surface area contributed by atoms with Crippen LogP contribution < -0.4 is 5.32 Å². The summed E-state index contributed by atoms with van der Waals surface area (Å²) < 4.78 is 5.78. The van der Waals surface area contributed by atoms with E-state index < -0.39 is 23.9 Å². The Morgan fingerprint density at radius 1 is 1.47 bits per heavy atom. The first-order chi connectivity index (χ1) is 9.02. The summed E-state index contributed by atoms with van der Waals surface area (Å²) in [4.78, 5) is 33.5. The molecule has 0 unspecified atom stereocenters. The number of carbonyl (C=O) groups excluding carboxylic acids is 2. The van der Waals surface area contributed by atoms with Gasteiger partial charge in [-0.05, 0) is 12.5 Å². The van der Waals surface area contributed by atoms with Gasteiger partial charge in [0.2, 0.25) is 5.91 Å². The zero-order valence-electron chi connectivity index (χ0n) is 10.4. The topological polar surface area (TPSA) is 111 Å². The Kier molecular flexibility index (Phi) is 5.52. The van der Waals surface area contributed by atoms with Crippen LogP contribution >= 0.6 is 0 Å². The van der Waals surface area contributed by atoms with Crippen LogP contribution in [0.15, 0.2) is 18.5 Å². The number of carbonyl (C=O) groups is 3. The molecule has 104 valence electrons. The number of hydrogen-bond donors (Lipinski definition) is 2. The third-order valence-corrected chi connectivity index (χ3v) is 2.36. The molecule has 0 bridgehead atoms. The lowest BCUT2D eigenvalue weighted by Crippen LogP contribution is -2.42. The van der Waals surface area contributed by atoms with E-state index >= 15 is 0 Å². The molecule has 8 nitrogen and oxygen atoms in total. The number of amides is 1. The molecule has 0 aliphatic rings. The molecule has 0 fully saturated rings. The Bertz CT molecular complexity index is 443. The largest absolute Gasteiger partial charge is 0.480 e. The van der Waals surface area contributed by atoms with Crippen molar-refractivity contribution in [1.82, 2.24) is 15.1 Å². The molecular formula is C11H15N3O5. The fourth-order valence-electron chi connectivity index (χ4n) is 1.40. The van der Waals surface area contributed by atoms with Crippen molar-refractivity contribution in [2.24, 2.45) is 0 Å². The average molecular weight is 269 g/mol. The predicted molar refractivity (Wildman–Crippen MR) is 63.0 cm³/mol. The Morgan fingerprint density at radius 2 is 2.21 bits per heavy atom. The molecule has 0 spiro atoms. The molecule has 1 aromatic rings. The van der Waals surface area contributed by atoms with Gasteiger partial charge in [-0.2, -0.15) is 5.10 Å². The minimum atomic E-state index is -1.20. The first kappa shape index (κ1) is 14.7. The van der Waals surface area contributed by atoms with Crippen LogP contribution in [0, 0.1) is 0 Å². The van der Waals surface area contributed by atoms with Gasteiger partial charge in [-0.1, -0.05) is 0 Å². The molecule has 1 atom stereocenters. The van der Waals surface area contributed by atoms with Crippen molar-refractivity contribution >= 4 is 17.8 Å². The first-order valence-corrected chi connectivity index (χ1v) is 5.59. The van der Waals surface area contributed by atoms with Crippen molar-refractivity contribution in [1.29, 1.82) is 0 Å². The minimum absolute atomic E-state index is 0.0210. The van der Waals surface area contributed by atoms with Crippen molar-refractivity contribution in [2.75, 3.05) is 7.11 Å². The second kappa shape index (κ2) is 7.14. The number of methoxy groups -OCH3 is 1. The van der Waals surface area contributed by atoms with E-state index in [1.54, 1.807) is 12.3 Å². The molecule has 0 aliphatic heterocycles. The molecule has 0 aliphatic carbocycles. The van der Waals surface area contributed by atoms with Gasteiger partial charge in [0.1, 0.15) is 12.6 Å². The van der Waals surface area contributed by atoms with Crippen molar-refractivity contribution in [3.05, 3.63) is 18.5 Å². The smallest absolute Gasteiger partial charge is 0.326 e. The van der Waals surface area contributed by atoms with Crippen LogP contribution in [-0.2, 0) is 25.7 Å². The molecule has 8 heteroatoms. The third kappa shape index (κ3) is 5.19. The van der Waals surface area contributed by atoms with Crippen molar-refractivity contribution in [3.63, 3.8) is 0 Å². The van der Waals surface area contributed by atoms with Crippen LogP contribution in [0.25, 0.3) is 0 Å². The Labute approximate surface area is 109 Å². The SMILES string of the molecule is COC(=O)CC[C@H](NC(=O)Cn1cccn1)C(=O)O. The van der Waals surface area contributed by atoms with Gasteiger partial charge in [0.05, 0.1) is 7.11 Å². The maximum atomic E-state index is 11.6. The molecular weight excluding hydrogens is 254 g/mol. The quantitative estimate of drug-likeness (QED) is 0.640. The normalized spacial score (nSPS) is 11.6. The fraction of sp³-hybridized carbons (Fsp3) is 0.455. The van der Waals surface area contributed by atoms with E-state index in [-0.39, 0.29) is 19.4 Å². The number of nitrogens with zero attached hydrogens (tertiary/aromatic N) is 2. The van der Waals surface area contributed by atoms with Gasteiger partial charge in [0.25, 0.3) is 0 Å². The second-order valence-corrected chi connectivity index (χ2v) is 3.78. The molecule has 0 saturated carbocycles. The number of carboxylic acid groups (broad SMARTS) is 1. The van der Waals surface area contributed by atoms with Crippen LogP contribution in [0.1, 0.15) is 12.8 Å². The van der Waals surface area contributed by atoms with Crippen LogP contribution in [-0.4, -0.2) is 45.9 Å². The molecule has 0 saturated heterocycles. The summed E-state index contributed by atoms with van der Waals surface area (Å²) in [6, 6.07) is 0.529.